The Bertz CT molecular complexity index is 711. The minimum Gasteiger partial charge on any atom is -0.459 e. The van der Waals surface area contributed by atoms with Crippen LogP contribution in [0.1, 0.15) is 33.6 Å². The second kappa shape index (κ2) is 8.82. The van der Waals surface area contributed by atoms with Crippen LogP contribution < -0.4 is 0 Å². The molecule has 8 heteroatoms. The van der Waals surface area contributed by atoms with Crippen molar-refractivity contribution in [2.24, 2.45) is 5.92 Å². The predicted molar refractivity (Wildman–Crippen MR) is 106 cm³/mol. The molecule has 0 bridgehead atoms. The van der Waals surface area contributed by atoms with Crippen molar-refractivity contribution in [3.05, 3.63) is 35.5 Å². The maximum Gasteiger partial charge on any atom is 0.342 e. The average Bonchev–Trinajstić information content (AvgIpc) is 2.85. The van der Waals surface area contributed by atoms with Crippen molar-refractivity contribution >= 4 is 24.6 Å². The summed E-state index contributed by atoms with van der Waals surface area (Å²) in [6.45, 7) is 7.99. The van der Waals surface area contributed by atoms with Crippen molar-refractivity contribution in [3.63, 3.8) is 0 Å². The summed E-state index contributed by atoms with van der Waals surface area (Å²) in [6, 6.07) is 0. The first-order valence-electron chi connectivity index (χ1n) is 9.14. The van der Waals surface area contributed by atoms with Crippen LogP contribution in [0.25, 0.3) is 0 Å². The molecule has 156 valence electrons. The second-order valence-corrected chi connectivity index (χ2v) is 8.40. The number of esters is 2. The fourth-order valence-corrected chi connectivity index (χ4v) is 3.67. The molecule has 0 saturated carbocycles. The minimum absolute atomic E-state index is 0.173. The fraction of sp³-hybridized carbons (Fsp3) is 0.600. The van der Waals surface area contributed by atoms with Gasteiger partial charge in [-0.05, 0) is 26.3 Å². The lowest BCUT2D eigenvalue weighted by Gasteiger charge is -2.32. The van der Waals surface area contributed by atoms with Gasteiger partial charge in [0.25, 0.3) is 0 Å². The summed E-state index contributed by atoms with van der Waals surface area (Å²) in [5.41, 5.74) is -0.455. The molecule has 1 heterocycles. The summed E-state index contributed by atoms with van der Waals surface area (Å²) in [6.07, 6.45) is 1.66. The molecule has 0 aromatic rings. The van der Waals surface area contributed by atoms with E-state index in [1.807, 2.05) is 6.92 Å². The van der Waals surface area contributed by atoms with Gasteiger partial charge < -0.3 is 24.8 Å². The van der Waals surface area contributed by atoms with Crippen LogP contribution in [0.5, 0.6) is 0 Å². The molecule has 3 unspecified atom stereocenters. The molecule has 1 aliphatic heterocycles. The van der Waals surface area contributed by atoms with Gasteiger partial charge in [-0.3, -0.25) is 0 Å². The van der Waals surface area contributed by atoms with E-state index in [1.54, 1.807) is 19.1 Å². The van der Waals surface area contributed by atoms with Crippen LogP contribution in [0, 0.1) is 5.92 Å². The maximum atomic E-state index is 12.6. The first-order valence-corrected chi connectivity index (χ1v) is 9.66. The van der Waals surface area contributed by atoms with Gasteiger partial charge in [0.2, 0.25) is 0 Å². The zero-order valence-corrected chi connectivity index (χ0v) is 17.2. The number of hydrogen-bond donors (Lipinski definition) is 4. The fourth-order valence-electron chi connectivity index (χ4n) is 3.48. The number of hydrogen-bond acceptors (Lipinski definition) is 8. The number of carbonyl (C=O) groups is 2. The standard InChI is InChI=1S/C20H28O7S/c1-10-5-14(22)6-11(2)8-16(17-12(3)18(23)26-15(17)7-10)27-19(24)20(25,9-21)13(4)28/h6-7,13-17,21-22,25,28H,3,5,8-9H2,1-2,4H3/b10-7+,11-6?/t13?,14-,15+,16+,17?,20?/m0/s1. The van der Waals surface area contributed by atoms with Crippen molar-refractivity contribution in [2.45, 2.75) is 62.8 Å². The van der Waals surface area contributed by atoms with E-state index in [4.69, 9.17) is 9.47 Å². The molecule has 28 heavy (non-hydrogen) atoms. The van der Waals surface area contributed by atoms with Crippen molar-refractivity contribution in [3.8, 4) is 0 Å². The van der Waals surface area contributed by atoms with Crippen LogP contribution in [0.15, 0.2) is 35.5 Å². The third-order valence-electron chi connectivity index (χ3n) is 5.19. The van der Waals surface area contributed by atoms with Crippen LogP contribution in [-0.4, -0.2) is 63.0 Å². The lowest BCUT2D eigenvalue weighted by atomic mass is 9.85. The van der Waals surface area contributed by atoms with Gasteiger partial charge >= 0.3 is 11.9 Å². The maximum absolute atomic E-state index is 12.6. The zero-order chi connectivity index (χ0) is 21.2. The van der Waals surface area contributed by atoms with Gasteiger partial charge in [0.15, 0.2) is 5.60 Å². The van der Waals surface area contributed by atoms with Crippen LogP contribution in [-0.2, 0) is 19.1 Å². The number of rotatable bonds is 4. The Morgan fingerprint density at radius 1 is 1.39 bits per heavy atom. The number of thiol groups is 1. The zero-order valence-electron chi connectivity index (χ0n) is 16.3. The Hall–Kier alpha value is -1.61. The normalized spacial score (nSPS) is 33.5. The predicted octanol–water partition coefficient (Wildman–Crippen LogP) is 1.08. The number of ether oxygens (including phenoxy) is 2. The average molecular weight is 413 g/mol. The number of aliphatic hydroxyl groups excluding tert-OH is 2. The number of carbonyl (C=O) groups excluding carboxylic acids is 2. The third-order valence-corrected chi connectivity index (χ3v) is 5.61. The topological polar surface area (TPSA) is 113 Å². The smallest absolute Gasteiger partial charge is 0.342 e. The Morgan fingerprint density at radius 3 is 2.57 bits per heavy atom. The van der Waals surface area contributed by atoms with Gasteiger partial charge in [-0.1, -0.05) is 30.7 Å². The summed E-state index contributed by atoms with van der Waals surface area (Å²) in [7, 11) is 0. The molecular formula is C20H28O7S. The van der Waals surface area contributed by atoms with E-state index >= 15 is 0 Å². The summed E-state index contributed by atoms with van der Waals surface area (Å²) in [5.74, 6) is -2.27. The quantitative estimate of drug-likeness (QED) is 0.237. The summed E-state index contributed by atoms with van der Waals surface area (Å²) in [5, 5.41) is 29.2. The second-order valence-electron chi connectivity index (χ2n) is 7.62. The molecule has 0 aromatic carbocycles. The first-order chi connectivity index (χ1) is 13.0. The van der Waals surface area contributed by atoms with Crippen LogP contribution in [0.2, 0.25) is 0 Å². The van der Waals surface area contributed by atoms with E-state index in [0.29, 0.717) is 6.42 Å². The van der Waals surface area contributed by atoms with E-state index in [1.165, 1.54) is 6.92 Å². The van der Waals surface area contributed by atoms with Gasteiger partial charge in [0.1, 0.15) is 12.2 Å². The summed E-state index contributed by atoms with van der Waals surface area (Å²) >= 11 is 4.07. The van der Waals surface area contributed by atoms with Gasteiger partial charge in [-0.25, -0.2) is 9.59 Å². The Labute approximate surface area is 170 Å². The highest BCUT2D eigenvalue weighted by Crippen LogP contribution is 2.37. The van der Waals surface area contributed by atoms with Gasteiger partial charge in [0, 0.05) is 17.2 Å². The molecule has 0 amide bonds. The first kappa shape index (κ1) is 22.7. The molecule has 2 rings (SSSR count). The van der Waals surface area contributed by atoms with Gasteiger partial charge in [-0.2, -0.15) is 12.6 Å². The molecule has 2 aliphatic rings. The lowest BCUT2D eigenvalue weighted by Crippen LogP contribution is -2.52. The molecule has 1 fully saturated rings. The van der Waals surface area contributed by atoms with E-state index in [2.05, 4.69) is 19.2 Å². The SMILES string of the molecule is C=C1C(=O)O[C@@H]2/C=C(\C)C[C@H](O)C=C(C)C[C@@H](OC(=O)C(O)(CO)C(C)S)C12. The van der Waals surface area contributed by atoms with Crippen LogP contribution in [0.3, 0.4) is 0 Å². The van der Waals surface area contributed by atoms with Crippen molar-refractivity contribution in [1.82, 2.24) is 0 Å². The van der Waals surface area contributed by atoms with E-state index < -0.39 is 53.6 Å². The molecule has 7 nitrogen and oxygen atoms in total. The molecule has 0 radical (unpaired) electrons. The Kier molecular flexibility index (Phi) is 7.14. The molecule has 1 aliphatic carbocycles. The van der Waals surface area contributed by atoms with E-state index in [-0.39, 0.29) is 12.0 Å². The molecule has 1 saturated heterocycles. The Balaban J connectivity index is 2.43. The molecule has 0 spiro atoms. The highest BCUT2D eigenvalue weighted by molar-refractivity contribution is 7.81. The van der Waals surface area contributed by atoms with Gasteiger partial charge in [0.05, 0.1) is 18.6 Å². The summed E-state index contributed by atoms with van der Waals surface area (Å²) < 4.78 is 11.0. The molecule has 0 aromatic heterocycles. The highest BCUT2D eigenvalue weighted by Gasteiger charge is 2.48. The largest absolute Gasteiger partial charge is 0.459 e. The molecular weight excluding hydrogens is 384 g/mol. The van der Waals surface area contributed by atoms with E-state index in [9.17, 15) is 24.9 Å². The monoisotopic (exact) mass is 412 g/mol. The molecule has 6 atom stereocenters. The number of fused-ring (bicyclic) bond motifs is 1. The van der Waals surface area contributed by atoms with Crippen molar-refractivity contribution < 1.29 is 34.4 Å². The highest BCUT2D eigenvalue weighted by atomic mass is 32.1. The van der Waals surface area contributed by atoms with Gasteiger partial charge in [-0.15, -0.1) is 0 Å². The molecule has 3 N–H and O–H groups in total. The van der Waals surface area contributed by atoms with Crippen LogP contribution >= 0.6 is 12.6 Å². The van der Waals surface area contributed by atoms with Crippen LogP contribution in [0.4, 0.5) is 0 Å². The van der Waals surface area contributed by atoms with Crippen molar-refractivity contribution in [2.75, 3.05) is 6.61 Å². The van der Waals surface area contributed by atoms with E-state index in [0.717, 1.165) is 11.1 Å². The lowest BCUT2D eigenvalue weighted by molar-refractivity contribution is -0.177. The van der Waals surface area contributed by atoms with Crippen molar-refractivity contribution in [1.29, 1.82) is 0 Å². The minimum atomic E-state index is -2.19. The summed E-state index contributed by atoms with van der Waals surface area (Å²) in [4.78, 5) is 24.8. The number of aliphatic hydroxyl groups is 3. The Morgan fingerprint density at radius 2 is 2.00 bits per heavy atom. The third kappa shape index (κ3) is 4.68.